The first-order valence-corrected chi connectivity index (χ1v) is 3.98. The second kappa shape index (κ2) is 9.21. The molecule has 82 valence electrons. The minimum atomic E-state index is -0.197. The lowest BCUT2D eigenvalue weighted by Crippen LogP contribution is -2.21. The van der Waals surface area contributed by atoms with E-state index in [2.05, 4.69) is 5.32 Å². The number of hydrogen-bond acceptors (Lipinski definition) is 2. The SMILES string of the molecule is Cl.Cl.NCCNCc1ccc(F)cc1. The van der Waals surface area contributed by atoms with Gasteiger partial charge in [0.2, 0.25) is 0 Å². The molecule has 0 heterocycles. The molecule has 1 aromatic rings. The maximum absolute atomic E-state index is 12.4. The van der Waals surface area contributed by atoms with E-state index >= 15 is 0 Å². The molecule has 0 aliphatic carbocycles. The summed E-state index contributed by atoms with van der Waals surface area (Å²) in [6, 6.07) is 6.44. The van der Waals surface area contributed by atoms with E-state index < -0.39 is 0 Å². The zero-order chi connectivity index (χ0) is 8.81. The molecule has 1 aromatic carbocycles. The number of hydrogen-bond donors (Lipinski definition) is 2. The van der Waals surface area contributed by atoms with Gasteiger partial charge in [-0.2, -0.15) is 0 Å². The molecule has 0 spiro atoms. The van der Waals surface area contributed by atoms with Gasteiger partial charge in [0.25, 0.3) is 0 Å². The Kier molecular flexibility index (Phi) is 10.6. The van der Waals surface area contributed by atoms with Crippen molar-refractivity contribution in [3.05, 3.63) is 35.6 Å². The highest BCUT2D eigenvalue weighted by Gasteiger charge is 1.91. The normalized spacial score (nSPS) is 8.71. The Morgan fingerprint density at radius 3 is 2.21 bits per heavy atom. The van der Waals surface area contributed by atoms with Crippen LogP contribution in [0, 0.1) is 5.82 Å². The van der Waals surface area contributed by atoms with Gasteiger partial charge in [-0.05, 0) is 17.7 Å². The van der Waals surface area contributed by atoms with Crippen LogP contribution in [0.1, 0.15) is 5.56 Å². The summed E-state index contributed by atoms with van der Waals surface area (Å²) in [6.07, 6.45) is 0. The highest BCUT2D eigenvalue weighted by Crippen LogP contribution is 2.01. The molecule has 0 saturated heterocycles. The predicted molar refractivity (Wildman–Crippen MR) is 61.7 cm³/mol. The number of benzene rings is 1. The van der Waals surface area contributed by atoms with Gasteiger partial charge in [-0.25, -0.2) is 4.39 Å². The zero-order valence-corrected chi connectivity index (χ0v) is 9.34. The zero-order valence-electron chi connectivity index (χ0n) is 7.70. The first kappa shape index (κ1) is 16.1. The van der Waals surface area contributed by atoms with Crippen molar-refractivity contribution in [2.24, 2.45) is 5.73 Å². The fourth-order valence-corrected chi connectivity index (χ4v) is 0.937. The van der Waals surface area contributed by atoms with Crippen molar-refractivity contribution in [2.45, 2.75) is 6.54 Å². The van der Waals surface area contributed by atoms with Crippen molar-refractivity contribution in [1.82, 2.24) is 5.32 Å². The van der Waals surface area contributed by atoms with E-state index in [0.29, 0.717) is 6.54 Å². The van der Waals surface area contributed by atoms with E-state index in [4.69, 9.17) is 5.73 Å². The van der Waals surface area contributed by atoms with Crippen LogP contribution in [-0.4, -0.2) is 13.1 Å². The molecule has 3 N–H and O–H groups in total. The van der Waals surface area contributed by atoms with Gasteiger partial charge < -0.3 is 11.1 Å². The number of nitrogens with one attached hydrogen (secondary N) is 1. The topological polar surface area (TPSA) is 38.0 Å². The van der Waals surface area contributed by atoms with Gasteiger partial charge in [-0.1, -0.05) is 12.1 Å². The highest BCUT2D eigenvalue weighted by molar-refractivity contribution is 5.85. The molecule has 0 aromatic heterocycles. The van der Waals surface area contributed by atoms with E-state index in [9.17, 15) is 4.39 Å². The third kappa shape index (κ3) is 6.16. The quantitative estimate of drug-likeness (QED) is 0.787. The molecule has 0 unspecified atom stereocenters. The van der Waals surface area contributed by atoms with Gasteiger partial charge in [-0.3, -0.25) is 0 Å². The maximum atomic E-state index is 12.4. The van der Waals surface area contributed by atoms with Crippen molar-refractivity contribution < 1.29 is 4.39 Å². The monoisotopic (exact) mass is 240 g/mol. The molecule has 0 atom stereocenters. The lowest BCUT2D eigenvalue weighted by atomic mass is 10.2. The summed E-state index contributed by atoms with van der Waals surface area (Å²) in [7, 11) is 0. The van der Waals surface area contributed by atoms with Crippen LogP contribution < -0.4 is 11.1 Å². The molecule has 0 aliphatic rings. The molecule has 1 rings (SSSR count). The lowest BCUT2D eigenvalue weighted by Gasteiger charge is -2.02. The number of nitrogens with two attached hydrogens (primary N) is 1. The number of rotatable bonds is 4. The summed E-state index contributed by atoms with van der Waals surface area (Å²) in [5, 5.41) is 3.12. The molecule has 14 heavy (non-hydrogen) atoms. The van der Waals surface area contributed by atoms with Crippen LogP contribution in [0.4, 0.5) is 4.39 Å². The summed E-state index contributed by atoms with van der Waals surface area (Å²) >= 11 is 0. The minimum Gasteiger partial charge on any atom is -0.329 e. The van der Waals surface area contributed by atoms with E-state index in [-0.39, 0.29) is 30.6 Å². The van der Waals surface area contributed by atoms with Crippen LogP contribution >= 0.6 is 24.8 Å². The Hall–Kier alpha value is -0.350. The van der Waals surface area contributed by atoms with Crippen molar-refractivity contribution in [1.29, 1.82) is 0 Å². The molecule has 0 fully saturated rings. The third-order valence-corrected chi connectivity index (χ3v) is 1.56. The van der Waals surface area contributed by atoms with Crippen molar-refractivity contribution >= 4 is 24.8 Å². The second-order valence-electron chi connectivity index (χ2n) is 2.59. The molecule has 0 radical (unpaired) electrons. The largest absolute Gasteiger partial charge is 0.329 e. The second-order valence-corrected chi connectivity index (χ2v) is 2.59. The predicted octanol–water partition coefficient (Wildman–Crippen LogP) is 1.72. The van der Waals surface area contributed by atoms with Gasteiger partial charge in [0.15, 0.2) is 0 Å². The smallest absolute Gasteiger partial charge is 0.123 e. The summed E-state index contributed by atoms with van der Waals surface area (Å²) in [5.74, 6) is -0.197. The average Bonchev–Trinajstić information content (AvgIpc) is 2.09. The fraction of sp³-hybridized carbons (Fsp3) is 0.333. The average molecular weight is 241 g/mol. The number of halogens is 3. The van der Waals surface area contributed by atoms with Gasteiger partial charge in [0.1, 0.15) is 5.82 Å². The Balaban J connectivity index is 0. The summed E-state index contributed by atoms with van der Waals surface area (Å²) in [6.45, 7) is 2.16. The molecule has 2 nitrogen and oxygen atoms in total. The van der Waals surface area contributed by atoms with Crippen LogP contribution in [0.25, 0.3) is 0 Å². The Morgan fingerprint density at radius 1 is 1.14 bits per heavy atom. The molecular weight excluding hydrogens is 226 g/mol. The summed E-state index contributed by atoms with van der Waals surface area (Å²) in [4.78, 5) is 0. The van der Waals surface area contributed by atoms with Crippen LogP contribution in [0.2, 0.25) is 0 Å². The first-order valence-electron chi connectivity index (χ1n) is 3.98. The molecule has 0 aliphatic heterocycles. The van der Waals surface area contributed by atoms with Crippen molar-refractivity contribution in [3.8, 4) is 0 Å². The van der Waals surface area contributed by atoms with Crippen LogP contribution in [0.15, 0.2) is 24.3 Å². The third-order valence-electron chi connectivity index (χ3n) is 1.56. The fourth-order valence-electron chi connectivity index (χ4n) is 0.937. The first-order chi connectivity index (χ1) is 5.83. The van der Waals surface area contributed by atoms with Gasteiger partial charge >= 0.3 is 0 Å². The van der Waals surface area contributed by atoms with Gasteiger partial charge in [0, 0.05) is 19.6 Å². The highest BCUT2D eigenvalue weighted by atomic mass is 35.5. The van der Waals surface area contributed by atoms with Gasteiger partial charge in [-0.15, -0.1) is 24.8 Å². The summed E-state index contributed by atoms with van der Waals surface area (Å²) in [5.41, 5.74) is 6.37. The van der Waals surface area contributed by atoms with Gasteiger partial charge in [0.05, 0.1) is 0 Å². The molecule has 0 amide bonds. The van der Waals surface area contributed by atoms with E-state index in [0.717, 1.165) is 18.7 Å². The van der Waals surface area contributed by atoms with Crippen LogP contribution in [0.3, 0.4) is 0 Å². The lowest BCUT2D eigenvalue weighted by molar-refractivity contribution is 0.625. The Bertz CT molecular complexity index is 229. The minimum absolute atomic E-state index is 0. The van der Waals surface area contributed by atoms with Crippen LogP contribution in [-0.2, 0) is 6.54 Å². The molecule has 5 heteroatoms. The Morgan fingerprint density at radius 2 is 1.71 bits per heavy atom. The molecule has 0 saturated carbocycles. The van der Waals surface area contributed by atoms with Crippen LogP contribution in [0.5, 0.6) is 0 Å². The Labute approximate surface area is 95.9 Å². The van der Waals surface area contributed by atoms with Crippen molar-refractivity contribution in [3.63, 3.8) is 0 Å². The summed E-state index contributed by atoms with van der Waals surface area (Å²) < 4.78 is 12.4. The van der Waals surface area contributed by atoms with E-state index in [1.165, 1.54) is 12.1 Å². The molecule has 0 bridgehead atoms. The van der Waals surface area contributed by atoms with E-state index in [1.54, 1.807) is 12.1 Å². The maximum Gasteiger partial charge on any atom is 0.123 e. The van der Waals surface area contributed by atoms with E-state index in [1.807, 2.05) is 0 Å². The standard InChI is InChI=1S/C9H13FN2.2ClH/c10-9-3-1-8(2-4-9)7-12-6-5-11;;/h1-4,12H,5-7,11H2;2*1H. The van der Waals surface area contributed by atoms with Crippen molar-refractivity contribution in [2.75, 3.05) is 13.1 Å². The molecular formula is C9H15Cl2FN2.